The first-order valence-corrected chi connectivity index (χ1v) is 12.5. The molecule has 11 heteroatoms. The molecule has 0 unspecified atom stereocenters. The fourth-order valence-corrected chi connectivity index (χ4v) is 4.40. The Bertz CT molecular complexity index is 1320. The zero-order chi connectivity index (χ0) is 23.5. The molecule has 3 aromatic rings. The molecular formula is C21H23N3O6S2. The summed E-state index contributed by atoms with van der Waals surface area (Å²) in [5.74, 6) is -1.18. The topological polar surface area (TPSA) is 124 Å². The molecule has 2 aromatic heterocycles. The van der Waals surface area contributed by atoms with E-state index >= 15 is 0 Å². The Morgan fingerprint density at radius 3 is 2.50 bits per heavy atom. The Balaban J connectivity index is 1.71. The number of carbonyl (C=O) groups excluding carboxylic acids is 2. The van der Waals surface area contributed by atoms with Gasteiger partial charge in [-0.3, -0.25) is 9.59 Å². The van der Waals surface area contributed by atoms with E-state index in [0.717, 1.165) is 11.1 Å². The number of hydrogen-bond donors (Lipinski definition) is 1. The van der Waals surface area contributed by atoms with Gasteiger partial charge in [-0.1, -0.05) is 18.2 Å². The van der Waals surface area contributed by atoms with Crippen molar-refractivity contribution in [2.24, 2.45) is 0 Å². The molecule has 0 atom stereocenters. The third-order valence-corrected chi connectivity index (χ3v) is 6.43. The second kappa shape index (κ2) is 9.72. The minimum absolute atomic E-state index is 0.0274. The van der Waals surface area contributed by atoms with Gasteiger partial charge in [0.2, 0.25) is 15.8 Å². The summed E-state index contributed by atoms with van der Waals surface area (Å²) in [6.07, 6.45) is 1.52. The van der Waals surface area contributed by atoms with Crippen molar-refractivity contribution >= 4 is 43.9 Å². The third-order valence-electron chi connectivity index (χ3n) is 4.52. The van der Waals surface area contributed by atoms with Gasteiger partial charge in [0.25, 0.3) is 5.56 Å². The molecule has 0 aliphatic rings. The molecule has 0 radical (unpaired) electrons. The molecule has 0 aliphatic heterocycles. The summed E-state index contributed by atoms with van der Waals surface area (Å²) in [5, 5.41) is 4.88. The minimum atomic E-state index is -3.27. The van der Waals surface area contributed by atoms with Crippen LogP contribution in [-0.4, -0.2) is 49.4 Å². The van der Waals surface area contributed by atoms with Crippen molar-refractivity contribution in [3.63, 3.8) is 0 Å². The fourth-order valence-electron chi connectivity index (χ4n) is 3.00. The molecule has 1 N–H and O–H groups in total. The van der Waals surface area contributed by atoms with Crippen molar-refractivity contribution in [2.75, 3.05) is 19.4 Å². The van der Waals surface area contributed by atoms with Gasteiger partial charge in [-0.25, -0.2) is 22.6 Å². The average molecular weight is 478 g/mol. The van der Waals surface area contributed by atoms with Crippen molar-refractivity contribution in [2.45, 2.75) is 26.3 Å². The summed E-state index contributed by atoms with van der Waals surface area (Å²) in [6, 6.07) is 9.71. The van der Waals surface area contributed by atoms with Crippen molar-refractivity contribution in [1.82, 2.24) is 14.5 Å². The quantitative estimate of drug-likeness (QED) is 0.370. The Labute approximate surface area is 189 Å². The van der Waals surface area contributed by atoms with Crippen LogP contribution < -0.4 is 10.3 Å². The Hall–Kier alpha value is -2.89. The summed E-state index contributed by atoms with van der Waals surface area (Å²) in [7, 11) is -3.27. The summed E-state index contributed by atoms with van der Waals surface area (Å²) in [6.45, 7) is 3.31. The van der Waals surface area contributed by atoms with E-state index in [1.165, 1.54) is 16.0 Å². The maximum Gasteiger partial charge on any atom is 0.359 e. The predicted octanol–water partition coefficient (Wildman–Crippen LogP) is 2.17. The predicted molar refractivity (Wildman–Crippen MR) is 122 cm³/mol. The molecule has 0 aliphatic carbocycles. The standard InChI is InChI=1S/C21H23N3O6S2/c1-13(2)24-20(26)16-7-5-4-6-15(16)19(23-24)21(27)30-12-17(25)18-9-8-14(31-18)10-11-22-32(3,28)29/h4-9,13,22H,10-12H2,1-3H3. The molecule has 0 saturated carbocycles. The molecule has 1 aromatic carbocycles. The van der Waals surface area contributed by atoms with Crippen LogP contribution in [0.5, 0.6) is 0 Å². The number of Topliss-reactive ketones (excluding diaryl/α,β-unsaturated/α-hetero) is 1. The molecule has 9 nitrogen and oxygen atoms in total. The van der Waals surface area contributed by atoms with E-state index in [-0.39, 0.29) is 29.6 Å². The van der Waals surface area contributed by atoms with Crippen LogP contribution in [0.4, 0.5) is 0 Å². The Kier molecular flexibility index (Phi) is 7.22. The van der Waals surface area contributed by atoms with E-state index in [9.17, 15) is 22.8 Å². The van der Waals surface area contributed by atoms with E-state index in [1.807, 2.05) is 0 Å². The third kappa shape index (κ3) is 5.67. The van der Waals surface area contributed by atoms with Gasteiger partial charge in [0, 0.05) is 16.8 Å². The highest BCUT2D eigenvalue weighted by molar-refractivity contribution is 7.88. The lowest BCUT2D eigenvalue weighted by Gasteiger charge is -2.12. The van der Waals surface area contributed by atoms with Crippen LogP contribution >= 0.6 is 11.3 Å². The average Bonchev–Trinajstić information content (AvgIpc) is 3.20. The number of nitrogens with one attached hydrogen (secondary N) is 1. The number of carbonyl (C=O) groups is 2. The number of hydrogen-bond acceptors (Lipinski definition) is 8. The van der Waals surface area contributed by atoms with E-state index in [2.05, 4.69) is 9.82 Å². The van der Waals surface area contributed by atoms with Crippen LogP contribution in [0.25, 0.3) is 10.8 Å². The number of nitrogens with zero attached hydrogens (tertiary/aromatic N) is 2. The van der Waals surface area contributed by atoms with Gasteiger partial charge in [-0.15, -0.1) is 11.3 Å². The van der Waals surface area contributed by atoms with E-state index in [4.69, 9.17) is 4.74 Å². The smallest absolute Gasteiger partial charge is 0.359 e. The summed E-state index contributed by atoms with van der Waals surface area (Å²) in [5.41, 5.74) is -0.333. The molecule has 3 rings (SSSR count). The lowest BCUT2D eigenvalue weighted by Crippen LogP contribution is -2.28. The van der Waals surface area contributed by atoms with E-state index < -0.39 is 22.6 Å². The Morgan fingerprint density at radius 2 is 1.84 bits per heavy atom. The van der Waals surface area contributed by atoms with Gasteiger partial charge in [0.05, 0.1) is 22.6 Å². The van der Waals surface area contributed by atoms with Crippen LogP contribution in [-0.2, 0) is 21.2 Å². The number of esters is 1. The first-order chi connectivity index (χ1) is 15.1. The number of rotatable bonds is 9. The minimum Gasteiger partial charge on any atom is -0.452 e. The van der Waals surface area contributed by atoms with Crippen molar-refractivity contribution in [3.8, 4) is 0 Å². The van der Waals surface area contributed by atoms with Gasteiger partial charge in [-0.2, -0.15) is 5.10 Å². The Morgan fingerprint density at radius 1 is 1.16 bits per heavy atom. The first kappa shape index (κ1) is 23.8. The SMILES string of the molecule is CC(C)n1nc(C(=O)OCC(=O)c2ccc(CCNS(C)(=O)=O)s2)c2ccccc2c1=O. The number of ketones is 1. The maximum atomic E-state index is 12.7. The maximum absolute atomic E-state index is 12.7. The van der Waals surface area contributed by atoms with Gasteiger partial charge in [0.1, 0.15) is 0 Å². The van der Waals surface area contributed by atoms with Crippen LogP contribution in [0.15, 0.2) is 41.2 Å². The number of aromatic nitrogens is 2. The fraction of sp³-hybridized carbons (Fsp3) is 0.333. The highest BCUT2D eigenvalue weighted by Crippen LogP contribution is 2.19. The summed E-state index contributed by atoms with van der Waals surface area (Å²) in [4.78, 5) is 39.0. The zero-order valence-electron chi connectivity index (χ0n) is 17.8. The summed E-state index contributed by atoms with van der Waals surface area (Å²) < 4.78 is 31.1. The van der Waals surface area contributed by atoms with Crippen molar-refractivity contribution in [1.29, 1.82) is 0 Å². The molecule has 0 fully saturated rings. The number of fused-ring (bicyclic) bond motifs is 1. The number of ether oxygens (including phenoxy) is 1. The van der Waals surface area contributed by atoms with Crippen LogP contribution in [0, 0.1) is 0 Å². The normalized spacial score (nSPS) is 11.8. The van der Waals surface area contributed by atoms with Gasteiger partial charge >= 0.3 is 5.97 Å². The van der Waals surface area contributed by atoms with Crippen LogP contribution in [0.1, 0.15) is 44.9 Å². The van der Waals surface area contributed by atoms with E-state index in [0.29, 0.717) is 22.1 Å². The lowest BCUT2D eigenvalue weighted by molar-refractivity contribution is 0.0469. The molecule has 170 valence electrons. The van der Waals surface area contributed by atoms with E-state index in [1.54, 1.807) is 50.2 Å². The van der Waals surface area contributed by atoms with Gasteiger partial charge in [-0.05, 0) is 38.5 Å². The molecule has 0 saturated heterocycles. The lowest BCUT2D eigenvalue weighted by atomic mass is 10.1. The van der Waals surface area contributed by atoms with Crippen molar-refractivity contribution in [3.05, 3.63) is 62.2 Å². The zero-order valence-corrected chi connectivity index (χ0v) is 19.5. The van der Waals surface area contributed by atoms with Gasteiger partial charge < -0.3 is 4.74 Å². The number of benzene rings is 1. The molecule has 0 spiro atoms. The molecule has 0 bridgehead atoms. The second-order valence-electron chi connectivity index (χ2n) is 7.42. The number of thiophene rings is 1. The second-order valence-corrected chi connectivity index (χ2v) is 10.4. The molecule has 2 heterocycles. The highest BCUT2D eigenvalue weighted by Gasteiger charge is 2.20. The highest BCUT2D eigenvalue weighted by atomic mass is 32.2. The monoisotopic (exact) mass is 477 g/mol. The molecule has 0 amide bonds. The molecule has 32 heavy (non-hydrogen) atoms. The van der Waals surface area contributed by atoms with Crippen molar-refractivity contribution < 1.29 is 22.7 Å². The summed E-state index contributed by atoms with van der Waals surface area (Å²) >= 11 is 1.21. The van der Waals surface area contributed by atoms with Crippen LogP contribution in [0.3, 0.4) is 0 Å². The molecular weight excluding hydrogens is 454 g/mol. The van der Waals surface area contributed by atoms with Gasteiger partial charge in [0.15, 0.2) is 12.3 Å². The first-order valence-electron chi connectivity index (χ1n) is 9.82. The van der Waals surface area contributed by atoms with Crippen LogP contribution in [0.2, 0.25) is 0 Å². The number of sulfonamides is 1. The largest absolute Gasteiger partial charge is 0.452 e.